The molecule has 3 heterocycles. The van der Waals surface area contributed by atoms with E-state index in [4.69, 9.17) is 4.42 Å². The molecule has 1 atom stereocenters. The summed E-state index contributed by atoms with van der Waals surface area (Å²) in [6, 6.07) is 6.14. The second kappa shape index (κ2) is 5.90. The summed E-state index contributed by atoms with van der Waals surface area (Å²) in [7, 11) is 0. The predicted molar refractivity (Wildman–Crippen MR) is 85.2 cm³/mol. The standard InChI is InChI=1S/C17H19NO2S/c1-3-15-14-9-11-21-16(14)8-10-18(15)17(19)7-6-13-5-4-12(2)20-13/h4-7,9,11,15H,3,8,10H2,1-2H3/b7-6+. The van der Waals surface area contributed by atoms with E-state index < -0.39 is 0 Å². The quantitative estimate of drug-likeness (QED) is 0.796. The maximum Gasteiger partial charge on any atom is 0.247 e. The molecular weight excluding hydrogens is 282 g/mol. The Balaban J connectivity index is 1.77. The van der Waals surface area contributed by atoms with E-state index in [1.807, 2.05) is 24.0 Å². The van der Waals surface area contributed by atoms with E-state index in [0.29, 0.717) is 0 Å². The number of amides is 1. The van der Waals surface area contributed by atoms with Gasteiger partial charge in [0.05, 0.1) is 6.04 Å². The first-order chi connectivity index (χ1) is 10.2. The summed E-state index contributed by atoms with van der Waals surface area (Å²) in [6.45, 7) is 4.83. The first-order valence-electron chi connectivity index (χ1n) is 7.30. The van der Waals surface area contributed by atoms with Crippen molar-refractivity contribution >= 4 is 23.3 Å². The van der Waals surface area contributed by atoms with Gasteiger partial charge in [-0.3, -0.25) is 4.79 Å². The van der Waals surface area contributed by atoms with Crippen molar-refractivity contribution in [2.24, 2.45) is 0 Å². The lowest BCUT2D eigenvalue weighted by molar-refractivity contribution is -0.128. The lowest BCUT2D eigenvalue weighted by atomic mass is 9.97. The van der Waals surface area contributed by atoms with E-state index in [0.717, 1.165) is 30.9 Å². The summed E-state index contributed by atoms with van der Waals surface area (Å²) < 4.78 is 5.46. The maximum absolute atomic E-state index is 12.5. The molecule has 2 aromatic rings. The molecule has 0 bridgehead atoms. The van der Waals surface area contributed by atoms with Crippen LogP contribution < -0.4 is 0 Å². The molecular formula is C17H19NO2S. The molecule has 3 nitrogen and oxygen atoms in total. The molecule has 4 heteroatoms. The van der Waals surface area contributed by atoms with Crippen molar-refractivity contribution in [1.29, 1.82) is 0 Å². The lowest BCUT2D eigenvalue weighted by Gasteiger charge is -2.34. The van der Waals surface area contributed by atoms with Gasteiger partial charge in [0.15, 0.2) is 0 Å². The summed E-state index contributed by atoms with van der Waals surface area (Å²) in [5.74, 6) is 1.64. The van der Waals surface area contributed by atoms with Crippen molar-refractivity contribution in [1.82, 2.24) is 4.90 Å². The SMILES string of the molecule is CCC1c2ccsc2CCN1C(=O)/C=C/c1ccc(C)o1. The van der Waals surface area contributed by atoms with Crippen LogP contribution in [0.4, 0.5) is 0 Å². The normalized spacial score (nSPS) is 18.2. The van der Waals surface area contributed by atoms with E-state index in [1.54, 1.807) is 23.5 Å². The van der Waals surface area contributed by atoms with Gasteiger partial charge >= 0.3 is 0 Å². The van der Waals surface area contributed by atoms with Crippen molar-refractivity contribution in [3.05, 3.63) is 51.6 Å². The monoisotopic (exact) mass is 301 g/mol. The van der Waals surface area contributed by atoms with E-state index in [9.17, 15) is 4.79 Å². The van der Waals surface area contributed by atoms with Crippen LogP contribution >= 0.6 is 11.3 Å². The number of aryl methyl sites for hydroxylation is 1. The molecule has 1 aliphatic rings. The van der Waals surface area contributed by atoms with E-state index >= 15 is 0 Å². The van der Waals surface area contributed by atoms with Crippen LogP contribution in [0.2, 0.25) is 0 Å². The highest BCUT2D eigenvalue weighted by Gasteiger charge is 2.29. The second-order valence-corrected chi connectivity index (χ2v) is 6.29. The Labute approximate surface area is 128 Å². The fraction of sp³-hybridized carbons (Fsp3) is 0.353. The van der Waals surface area contributed by atoms with Crippen LogP contribution in [0.15, 0.2) is 34.1 Å². The zero-order chi connectivity index (χ0) is 14.8. The van der Waals surface area contributed by atoms with Gasteiger partial charge in [0, 0.05) is 17.5 Å². The van der Waals surface area contributed by atoms with Crippen molar-refractivity contribution in [2.45, 2.75) is 32.7 Å². The number of thiophene rings is 1. The Bertz CT molecular complexity index is 668. The van der Waals surface area contributed by atoms with Crippen LogP contribution in [0, 0.1) is 6.92 Å². The van der Waals surface area contributed by atoms with Gasteiger partial charge in [-0.15, -0.1) is 11.3 Å². The van der Waals surface area contributed by atoms with Gasteiger partial charge in [-0.2, -0.15) is 0 Å². The highest BCUT2D eigenvalue weighted by molar-refractivity contribution is 7.10. The second-order valence-electron chi connectivity index (χ2n) is 5.29. The maximum atomic E-state index is 12.5. The molecule has 0 radical (unpaired) electrons. The largest absolute Gasteiger partial charge is 0.462 e. The summed E-state index contributed by atoms with van der Waals surface area (Å²) in [6.07, 6.45) is 5.29. The minimum Gasteiger partial charge on any atom is -0.462 e. The highest BCUT2D eigenvalue weighted by Crippen LogP contribution is 2.35. The summed E-state index contributed by atoms with van der Waals surface area (Å²) >= 11 is 1.80. The molecule has 0 saturated carbocycles. The minimum absolute atomic E-state index is 0.0627. The zero-order valence-corrected chi connectivity index (χ0v) is 13.2. The Hall–Kier alpha value is -1.81. The summed E-state index contributed by atoms with van der Waals surface area (Å²) in [5.41, 5.74) is 1.32. The average Bonchev–Trinajstić information content (AvgIpc) is 3.12. The van der Waals surface area contributed by atoms with E-state index in [1.165, 1.54) is 10.4 Å². The third-order valence-electron chi connectivity index (χ3n) is 3.92. The fourth-order valence-corrected chi connectivity index (χ4v) is 3.82. The number of nitrogens with zero attached hydrogens (tertiary/aromatic N) is 1. The summed E-state index contributed by atoms with van der Waals surface area (Å²) in [4.78, 5) is 15.9. The van der Waals surface area contributed by atoms with Crippen LogP contribution in [0.3, 0.4) is 0 Å². The third kappa shape index (κ3) is 2.81. The number of rotatable bonds is 3. The molecule has 0 spiro atoms. The highest BCUT2D eigenvalue weighted by atomic mass is 32.1. The molecule has 0 N–H and O–H groups in total. The molecule has 2 aromatic heterocycles. The third-order valence-corrected chi connectivity index (χ3v) is 4.91. The predicted octanol–water partition coefficient (Wildman–Crippen LogP) is 4.20. The van der Waals surface area contributed by atoms with Crippen LogP contribution in [-0.2, 0) is 11.2 Å². The molecule has 110 valence electrons. The van der Waals surface area contributed by atoms with E-state index in [-0.39, 0.29) is 11.9 Å². The van der Waals surface area contributed by atoms with Gasteiger partial charge in [-0.25, -0.2) is 0 Å². The molecule has 21 heavy (non-hydrogen) atoms. The fourth-order valence-electron chi connectivity index (χ4n) is 2.89. The van der Waals surface area contributed by atoms with Gasteiger partial charge in [-0.1, -0.05) is 6.92 Å². The zero-order valence-electron chi connectivity index (χ0n) is 12.3. The van der Waals surface area contributed by atoms with Crippen LogP contribution in [0.5, 0.6) is 0 Å². The van der Waals surface area contributed by atoms with Gasteiger partial charge in [0.25, 0.3) is 0 Å². The Morgan fingerprint density at radius 1 is 1.48 bits per heavy atom. The number of furan rings is 1. The Morgan fingerprint density at radius 3 is 3.05 bits per heavy atom. The molecule has 1 aliphatic heterocycles. The van der Waals surface area contributed by atoms with E-state index in [2.05, 4.69) is 18.4 Å². The van der Waals surface area contributed by atoms with Gasteiger partial charge in [0.1, 0.15) is 11.5 Å². The number of carbonyl (C=O) groups excluding carboxylic acids is 1. The van der Waals surface area contributed by atoms with Gasteiger partial charge in [0.2, 0.25) is 5.91 Å². The number of hydrogen-bond donors (Lipinski definition) is 0. The molecule has 0 saturated heterocycles. The Morgan fingerprint density at radius 2 is 2.33 bits per heavy atom. The first kappa shape index (κ1) is 14.1. The molecule has 0 aliphatic carbocycles. The molecule has 1 amide bonds. The Kier molecular flexibility index (Phi) is 3.97. The smallest absolute Gasteiger partial charge is 0.247 e. The van der Waals surface area contributed by atoms with Crippen LogP contribution in [0.25, 0.3) is 6.08 Å². The number of carbonyl (C=O) groups is 1. The molecule has 3 rings (SSSR count). The summed E-state index contributed by atoms with van der Waals surface area (Å²) in [5, 5.41) is 2.13. The van der Waals surface area contributed by atoms with Crippen molar-refractivity contribution in [2.75, 3.05) is 6.54 Å². The number of fused-ring (bicyclic) bond motifs is 1. The van der Waals surface area contributed by atoms with Gasteiger partial charge in [-0.05, 0) is 55.0 Å². The lowest BCUT2D eigenvalue weighted by Crippen LogP contribution is -2.38. The molecule has 0 aromatic carbocycles. The average molecular weight is 301 g/mol. The van der Waals surface area contributed by atoms with Crippen LogP contribution in [-0.4, -0.2) is 17.4 Å². The topological polar surface area (TPSA) is 33.5 Å². The van der Waals surface area contributed by atoms with Crippen LogP contribution in [0.1, 0.15) is 41.3 Å². The minimum atomic E-state index is 0.0627. The van der Waals surface area contributed by atoms with Crippen molar-refractivity contribution < 1.29 is 9.21 Å². The molecule has 1 unspecified atom stereocenters. The van der Waals surface area contributed by atoms with Crippen molar-refractivity contribution in [3.63, 3.8) is 0 Å². The number of hydrogen-bond acceptors (Lipinski definition) is 3. The van der Waals surface area contributed by atoms with Gasteiger partial charge < -0.3 is 9.32 Å². The van der Waals surface area contributed by atoms with Crippen molar-refractivity contribution in [3.8, 4) is 0 Å². The first-order valence-corrected chi connectivity index (χ1v) is 8.18. The molecule has 0 fully saturated rings.